The molecule has 0 aromatic heterocycles. The van der Waals surface area contributed by atoms with E-state index in [1.165, 1.54) is 25.7 Å². The lowest BCUT2D eigenvalue weighted by Crippen LogP contribution is -2.37. The maximum atomic E-state index is 5.46. The number of likely N-dealkylation sites (N-methyl/N-ethyl adjacent to an activating group) is 1. The van der Waals surface area contributed by atoms with E-state index in [1.807, 2.05) is 0 Å². The lowest BCUT2D eigenvalue weighted by atomic mass is 10.2. The Kier molecular flexibility index (Phi) is 3.27. The SMILES string of the molecule is CN(C(=S)CN)C1CCCC1. The molecule has 0 spiro atoms. The van der Waals surface area contributed by atoms with Crippen molar-refractivity contribution < 1.29 is 0 Å². The lowest BCUT2D eigenvalue weighted by Gasteiger charge is -2.25. The Morgan fingerprint density at radius 2 is 2.09 bits per heavy atom. The molecule has 1 aliphatic rings. The van der Waals surface area contributed by atoms with E-state index >= 15 is 0 Å². The first-order valence-corrected chi connectivity index (χ1v) is 4.62. The van der Waals surface area contributed by atoms with Crippen molar-refractivity contribution in [3.63, 3.8) is 0 Å². The minimum Gasteiger partial charge on any atom is -0.365 e. The molecule has 1 aliphatic carbocycles. The average Bonchev–Trinajstić information content (AvgIpc) is 2.53. The second-order valence-electron chi connectivity index (χ2n) is 3.15. The van der Waals surface area contributed by atoms with Crippen LogP contribution in [0.3, 0.4) is 0 Å². The van der Waals surface area contributed by atoms with E-state index in [4.69, 9.17) is 18.0 Å². The van der Waals surface area contributed by atoms with E-state index in [-0.39, 0.29) is 0 Å². The molecule has 0 aromatic rings. The first-order valence-electron chi connectivity index (χ1n) is 4.21. The molecule has 0 aromatic carbocycles. The molecule has 11 heavy (non-hydrogen) atoms. The highest BCUT2D eigenvalue weighted by Crippen LogP contribution is 2.22. The number of hydrogen-bond donors (Lipinski definition) is 1. The fourth-order valence-corrected chi connectivity index (χ4v) is 1.79. The summed E-state index contributed by atoms with van der Waals surface area (Å²) in [6.07, 6.45) is 5.28. The summed E-state index contributed by atoms with van der Waals surface area (Å²) in [6, 6.07) is 0.672. The third-order valence-electron chi connectivity index (χ3n) is 2.44. The van der Waals surface area contributed by atoms with Gasteiger partial charge in [0.2, 0.25) is 0 Å². The highest BCUT2D eigenvalue weighted by Gasteiger charge is 2.20. The van der Waals surface area contributed by atoms with Crippen LogP contribution in [0.1, 0.15) is 25.7 Å². The van der Waals surface area contributed by atoms with Crippen molar-refractivity contribution in [3.8, 4) is 0 Å². The summed E-state index contributed by atoms with van der Waals surface area (Å²) in [5, 5.41) is 0. The topological polar surface area (TPSA) is 29.3 Å². The average molecular weight is 172 g/mol. The highest BCUT2D eigenvalue weighted by molar-refractivity contribution is 7.80. The summed E-state index contributed by atoms with van der Waals surface area (Å²) in [5.74, 6) is 0. The van der Waals surface area contributed by atoms with Gasteiger partial charge in [-0.25, -0.2) is 0 Å². The van der Waals surface area contributed by atoms with Crippen molar-refractivity contribution >= 4 is 17.2 Å². The zero-order chi connectivity index (χ0) is 8.27. The minimum absolute atomic E-state index is 0.516. The highest BCUT2D eigenvalue weighted by atomic mass is 32.1. The van der Waals surface area contributed by atoms with Crippen LogP contribution in [0.25, 0.3) is 0 Å². The van der Waals surface area contributed by atoms with Crippen LogP contribution in [-0.4, -0.2) is 29.5 Å². The zero-order valence-electron chi connectivity index (χ0n) is 7.05. The van der Waals surface area contributed by atoms with Crippen LogP contribution < -0.4 is 5.73 Å². The van der Waals surface area contributed by atoms with E-state index in [2.05, 4.69) is 11.9 Å². The third-order valence-corrected chi connectivity index (χ3v) is 2.90. The largest absolute Gasteiger partial charge is 0.365 e. The predicted octanol–water partition coefficient (Wildman–Crippen LogP) is 1.15. The fourth-order valence-electron chi connectivity index (χ4n) is 1.64. The van der Waals surface area contributed by atoms with Crippen LogP contribution in [0.4, 0.5) is 0 Å². The molecule has 1 fully saturated rings. The maximum absolute atomic E-state index is 5.46. The smallest absolute Gasteiger partial charge is 0.0917 e. The van der Waals surface area contributed by atoms with Crippen molar-refractivity contribution in [2.75, 3.05) is 13.6 Å². The van der Waals surface area contributed by atoms with Gasteiger partial charge in [-0.15, -0.1) is 0 Å². The molecule has 0 atom stereocenters. The maximum Gasteiger partial charge on any atom is 0.0917 e. The van der Waals surface area contributed by atoms with Gasteiger partial charge in [-0.05, 0) is 12.8 Å². The molecule has 0 aliphatic heterocycles. The molecule has 0 saturated heterocycles. The van der Waals surface area contributed by atoms with Gasteiger partial charge < -0.3 is 10.6 Å². The number of rotatable bonds is 2. The lowest BCUT2D eigenvalue weighted by molar-refractivity contribution is 0.374. The Morgan fingerprint density at radius 1 is 1.55 bits per heavy atom. The van der Waals surface area contributed by atoms with E-state index < -0.39 is 0 Å². The van der Waals surface area contributed by atoms with Crippen LogP contribution in [0.2, 0.25) is 0 Å². The van der Waals surface area contributed by atoms with Crippen LogP contribution in [0.15, 0.2) is 0 Å². The van der Waals surface area contributed by atoms with Crippen molar-refractivity contribution in [1.82, 2.24) is 4.90 Å². The standard InChI is InChI=1S/C8H16N2S/c1-10(8(11)6-9)7-4-2-3-5-7/h7H,2-6,9H2,1H3. The Bertz CT molecular complexity index is 141. The van der Waals surface area contributed by atoms with E-state index in [9.17, 15) is 0 Å². The van der Waals surface area contributed by atoms with Crippen molar-refractivity contribution in [1.29, 1.82) is 0 Å². The summed E-state index contributed by atoms with van der Waals surface area (Å²) >= 11 is 5.12. The molecule has 0 radical (unpaired) electrons. The molecular formula is C8H16N2S. The van der Waals surface area contributed by atoms with E-state index in [0.717, 1.165) is 4.99 Å². The number of nitrogens with zero attached hydrogens (tertiary/aromatic N) is 1. The Morgan fingerprint density at radius 3 is 2.55 bits per heavy atom. The summed E-state index contributed by atoms with van der Waals surface area (Å²) in [4.78, 5) is 3.07. The molecule has 2 N–H and O–H groups in total. The quantitative estimate of drug-likeness (QED) is 0.634. The Balaban J connectivity index is 2.39. The summed E-state index contributed by atoms with van der Waals surface area (Å²) in [6.45, 7) is 0.516. The minimum atomic E-state index is 0.516. The van der Waals surface area contributed by atoms with Gasteiger partial charge in [0, 0.05) is 19.6 Å². The Hall–Kier alpha value is -0.150. The molecule has 0 unspecified atom stereocenters. The summed E-state index contributed by atoms with van der Waals surface area (Å²) in [5.41, 5.74) is 5.46. The summed E-state index contributed by atoms with van der Waals surface area (Å²) < 4.78 is 0. The van der Waals surface area contributed by atoms with Crippen molar-refractivity contribution in [2.45, 2.75) is 31.7 Å². The molecular weight excluding hydrogens is 156 g/mol. The number of thiocarbonyl (C=S) groups is 1. The number of nitrogens with two attached hydrogens (primary N) is 1. The van der Waals surface area contributed by atoms with Gasteiger partial charge in [-0.3, -0.25) is 0 Å². The molecule has 1 rings (SSSR count). The van der Waals surface area contributed by atoms with Gasteiger partial charge in [0.25, 0.3) is 0 Å². The van der Waals surface area contributed by atoms with Gasteiger partial charge >= 0.3 is 0 Å². The van der Waals surface area contributed by atoms with E-state index in [0.29, 0.717) is 12.6 Å². The van der Waals surface area contributed by atoms with E-state index in [1.54, 1.807) is 0 Å². The first-order chi connectivity index (χ1) is 5.25. The van der Waals surface area contributed by atoms with Gasteiger partial charge in [0.1, 0.15) is 0 Å². The molecule has 3 heteroatoms. The molecule has 1 saturated carbocycles. The number of hydrogen-bond acceptors (Lipinski definition) is 2. The third kappa shape index (κ3) is 2.14. The second kappa shape index (κ2) is 4.02. The van der Waals surface area contributed by atoms with Crippen LogP contribution in [0, 0.1) is 0 Å². The first kappa shape index (κ1) is 8.94. The van der Waals surface area contributed by atoms with Crippen LogP contribution in [-0.2, 0) is 0 Å². The van der Waals surface area contributed by atoms with Gasteiger partial charge in [-0.2, -0.15) is 0 Å². The predicted molar refractivity (Wildman–Crippen MR) is 51.7 cm³/mol. The van der Waals surface area contributed by atoms with Gasteiger partial charge in [-0.1, -0.05) is 25.1 Å². The van der Waals surface area contributed by atoms with Gasteiger partial charge in [0.05, 0.1) is 4.99 Å². The molecule has 0 bridgehead atoms. The second-order valence-corrected chi connectivity index (χ2v) is 3.62. The van der Waals surface area contributed by atoms with Crippen molar-refractivity contribution in [3.05, 3.63) is 0 Å². The molecule has 0 heterocycles. The fraction of sp³-hybridized carbons (Fsp3) is 0.875. The molecule has 2 nitrogen and oxygen atoms in total. The molecule has 64 valence electrons. The summed E-state index contributed by atoms with van der Waals surface area (Å²) in [7, 11) is 2.06. The molecule has 0 amide bonds. The normalized spacial score (nSPS) is 18.7. The van der Waals surface area contributed by atoms with Crippen LogP contribution in [0.5, 0.6) is 0 Å². The Labute approximate surface area is 73.7 Å². The van der Waals surface area contributed by atoms with Crippen molar-refractivity contribution in [2.24, 2.45) is 5.73 Å². The monoisotopic (exact) mass is 172 g/mol. The van der Waals surface area contributed by atoms with Crippen LogP contribution >= 0.6 is 12.2 Å². The van der Waals surface area contributed by atoms with Gasteiger partial charge in [0.15, 0.2) is 0 Å². The zero-order valence-corrected chi connectivity index (χ0v) is 7.86.